The molecule has 2 heterocycles. The van der Waals surface area contributed by atoms with Gasteiger partial charge in [-0.3, -0.25) is 9.69 Å². The summed E-state index contributed by atoms with van der Waals surface area (Å²) in [5.74, 6) is -2.82. The lowest BCUT2D eigenvalue weighted by Crippen LogP contribution is -2.48. The molecule has 0 aliphatic carbocycles. The number of β-amino-alcohol motifs (C(OH)–C–C–N with tert-alkyl or cyclic N) is 1. The molecule has 192 valence electrons. The molecular formula is C22H27F5N6O2. The summed E-state index contributed by atoms with van der Waals surface area (Å²) in [5, 5.41) is 13.2. The number of nitrogens with one attached hydrogen (secondary N) is 1. The summed E-state index contributed by atoms with van der Waals surface area (Å²) in [7, 11) is 0. The Morgan fingerprint density at radius 3 is 2.66 bits per heavy atom. The van der Waals surface area contributed by atoms with Crippen molar-refractivity contribution in [3.05, 3.63) is 47.3 Å². The van der Waals surface area contributed by atoms with Gasteiger partial charge in [0.1, 0.15) is 12.1 Å². The lowest BCUT2D eigenvalue weighted by molar-refractivity contribution is -0.137. The van der Waals surface area contributed by atoms with Gasteiger partial charge < -0.3 is 21.1 Å². The van der Waals surface area contributed by atoms with Gasteiger partial charge in [-0.25, -0.2) is 14.4 Å². The van der Waals surface area contributed by atoms with Gasteiger partial charge in [0.25, 0.3) is 0 Å². The fraction of sp³-hybridized carbons (Fsp3) is 0.500. The molecule has 13 heteroatoms. The van der Waals surface area contributed by atoms with Crippen molar-refractivity contribution < 1.29 is 31.9 Å². The maximum Gasteiger partial charge on any atom is 0.416 e. The maximum atomic E-state index is 15.2. The molecule has 3 rings (SSSR count). The van der Waals surface area contributed by atoms with Crippen LogP contribution in [-0.2, 0) is 17.5 Å². The molecule has 1 amide bonds. The number of nitrogens with zero attached hydrogens (tertiary/aromatic N) is 4. The van der Waals surface area contributed by atoms with Crippen molar-refractivity contribution in [2.45, 2.75) is 32.2 Å². The van der Waals surface area contributed by atoms with Crippen LogP contribution in [0.5, 0.6) is 0 Å². The van der Waals surface area contributed by atoms with Crippen molar-refractivity contribution in [2.75, 3.05) is 42.9 Å². The van der Waals surface area contributed by atoms with Crippen molar-refractivity contribution in [3.8, 4) is 0 Å². The molecule has 1 fully saturated rings. The van der Waals surface area contributed by atoms with Gasteiger partial charge in [0, 0.05) is 37.7 Å². The van der Waals surface area contributed by atoms with Crippen LogP contribution in [0, 0.1) is 17.6 Å². The number of amides is 1. The number of anilines is 2. The molecule has 0 radical (unpaired) electrons. The zero-order valence-corrected chi connectivity index (χ0v) is 19.0. The van der Waals surface area contributed by atoms with E-state index in [1.807, 2.05) is 0 Å². The van der Waals surface area contributed by atoms with Gasteiger partial charge >= 0.3 is 6.18 Å². The van der Waals surface area contributed by atoms with E-state index in [1.165, 1.54) is 4.90 Å². The maximum absolute atomic E-state index is 15.2. The fourth-order valence-electron chi connectivity index (χ4n) is 3.97. The number of aliphatic hydroxyl groups is 1. The van der Waals surface area contributed by atoms with Crippen molar-refractivity contribution in [1.82, 2.24) is 14.9 Å². The van der Waals surface area contributed by atoms with Crippen molar-refractivity contribution in [1.29, 1.82) is 0 Å². The van der Waals surface area contributed by atoms with E-state index in [9.17, 15) is 27.5 Å². The lowest BCUT2D eigenvalue weighted by Gasteiger charge is -2.35. The van der Waals surface area contributed by atoms with Gasteiger partial charge in [0.2, 0.25) is 11.7 Å². The van der Waals surface area contributed by atoms with Crippen LogP contribution in [0.4, 0.5) is 33.6 Å². The summed E-state index contributed by atoms with van der Waals surface area (Å²) in [4.78, 5) is 22.0. The molecule has 8 nitrogen and oxygen atoms in total. The van der Waals surface area contributed by atoms with Crippen LogP contribution >= 0.6 is 0 Å². The minimum absolute atomic E-state index is 0.0433. The van der Waals surface area contributed by atoms with Crippen molar-refractivity contribution >= 4 is 17.5 Å². The second kappa shape index (κ2) is 11.1. The zero-order valence-electron chi connectivity index (χ0n) is 19.0. The number of likely N-dealkylation sites (tertiary alicyclic amines) is 1. The molecule has 2 atom stereocenters. The van der Waals surface area contributed by atoms with Gasteiger partial charge in [0.15, 0.2) is 11.6 Å². The Labute approximate surface area is 198 Å². The molecule has 1 unspecified atom stereocenters. The number of primary amides is 1. The summed E-state index contributed by atoms with van der Waals surface area (Å²) in [6.07, 6.45) is -3.75. The summed E-state index contributed by atoms with van der Waals surface area (Å²) in [6, 6.07) is 2.20. The number of hydrogen-bond acceptors (Lipinski definition) is 7. The summed E-state index contributed by atoms with van der Waals surface area (Å²) < 4.78 is 67.9. The monoisotopic (exact) mass is 502 g/mol. The van der Waals surface area contributed by atoms with Gasteiger partial charge in [-0.15, -0.1) is 0 Å². The Balaban J connectivity index is 1.68. The number of rotatable bonds is 9. The second-order valence-electron chi connectivity index (χ2n) is 8.38. The van der Waals surface area contributed by atoms with Crippen LogP contribution in [0.15, 0.2) is 24.5 Å². The molecule has 35 heavy (non-hydrogen) atoms. The zero-order chi connectivity index (χ0) is 25.8. The first-order chi connectivity index (χ1) is 16.5. The van der Waals surface area contributed by atoms with Gasteiger partial charge in [-0.1, -0.05) is 6.07 Å². The molecule has 1 aliphatic heterocycles. The third kappa shape index (κ3) is 6.75. The van der Waals surface area contributed by atoms with Gasteiger partial charge in [0.05, 0.1) is 18.2 Å². The van der Waals surface area contributed by atoms with Crippen LogP contribution < -0.4 is 16.0 Å². The third-order valence-corrected chi connectivity index (χ3v) is 5.91. The first-order valence-corrected chi connectivity index (χ1v) is 11.0. The van der Waals surface area contributed by atoms with E-state index < -0.39 is 35.4 Å². The molecular weight excluding hydrogens is 475 g/mol. The van der Waals surface area contributed by atoms with E-state index in [0.29, 0.717) is 19.0 Å². The largest absolute Gasteiger partial charge is 0.416 e. The third-order valence-electron chi connectivity index (χ3n) is 5.91. The Morgan fingerprint density at radius 1 is 1.31 bits per heavy atom. The normalized spacial score (nSPS) is 18.9. The highest BCUT2D eigenvalue weighted by Gasteiger charge is 2.32. The highest BCUT2D eigenvalue weighted by Crippen LogP contribution is 2.31. The predicted molar refractivity (Wildman–Crippen MR) is 118 cm³/mol. The Bertz CT molecular complexity index is 1040. The fourth-order valence-corrected chi connectivity index (χ4v) is 3.97. The topological polar surface area (TPSA) is 108 Å². The number of halogens is 5. The number of aliphatic hydroxyl groups excluding tert-OH is 1. The van der Waals surface area contributed by atoms with E-state index in [1.54, 1.807) is 11.8 Å². The Hall–Kier alpha value is -3.06. The van der Waals surface area contributed by atoms with Gasteiger partial charge in [-0.2, -0.15) is 17.6 Å². The molecule has 1 aliphatic rings. The number of aromatic nitrogens is 2. The molecule has 4 N–H and O–H groups in total. The summed E-state index contributed by atoms with van der Waals surface area (Å²) in [5.41, 5.74) is 4.03. The average Bonchev–Trinajstić information content (AvgIpc) is 2.78. The lowest BCUT2D eigenvalue weighted by atomic mass is 9.93. The average molecular weight is 502 g/mol. The first-order valence-electron chi connectivity index (χ1n) is 11.0. The Kier molecular flexibility index (Phi) is 8.43. The first kappa shape index (κ1) is 26.5. The number of benzene rings is 1. The molecule has 1 aromatic carbocycles. The van der Waals surface area contributed by atoms with Crippen LogP contribution in [0.25, 0.3) is 0 Å². The van der Waals surface area contributed by atoms with E-state index >= 15 is 4.39 Å². The smallest absolute Gasteiger partial charge is 0.391 e. The Morgan fingerprint density at radius 2 is 2.06 bits per heavy atom. The molecule has 0 spiro atoms. The summed E-state index contributed by atoms with van der Waals surface area (Å²) in [6.45, 7) is 2.73. The number of alkyl halides is 3. The molecule has 2 aromatic rings. The molecule has 1 saturated heterocycles. The van der Waals surface area contributed by atoms with E-state index in [2.05, 4.69) is 15.3 Å². The van der Waals surface area contributed by atoms with Crippen LogP contribution in [0.3, 0.4) is 0 Å². The number of carbonyl (C=O) groups is 1. The van der Waals surface area contributed by atoms with Crippen LogP contribution in [0.1, 0.15) is 24.5 Å². The van der Waals surface area contributed by atoms with E-state index in [4.69, 9.17) is 5.73 Å². The number of piperidine rings is 1. The predicted octanol–water partition coefficient (Wildman–Crippen LogP) is 2.38. The number of hydrogen-bond donors (Lipinski definition) is 3. The number of carbonyl (C=O) groups excluding carboxylic acids is 1. The van der Waals surface area contributed by atoms with Crippen LogP contribution in [-0.4, -0.2) is 64.7 Å². The van der Waals surface area contributed by atoms with Crippen LogP contribution in [0.2, 0.25) is 0 Å². The molecule has 1 aromatic heterocycles. The van der Waals surface area contributed by atoms with Crippen molar-refractivity contribution in [2.24, 2.45) is 11.7 Å². The second-order valence-corrected chi connectivity index (χ2v) is 8.38. The molecule has 0 bridgehead atoms. The quantitative estimate of drug-likeness (QED) is 0.452. The van der Waals surface area contributed by atoms with Crippen molar-refractivity contribution in [3.63, 3.8) is 0 Å². The SMILES string of the molecule is CCN(Cc1ccc(C(F)(F)F)cc1F)c1ncnc(NCC2CCN(CC(N)=O)C[C@@H]2O)c1F. The minimum Gasteiger partial charge on any atom is -0.391 e. The van der Waals surface area contributed by atoms with E-state index in [0.717, 1.165) is 18.5 Å². The molecule has 0 saturated carbocycles. The van der Waals surface area contributed by atoms with Gasteiger partial charge in [-0.05, 0) is 32.0 Å². The standard InChI is InChI=1S/C22H27F5N6O2/c1-2-33(9-14-3-4-15(7-16(14)23)22(25,26)27)21-19(24)20(30-12-31-21)29-8-13-5-6-32(10-17(13)34)11-18(28)35/h3-4,7,12-13,17,34H,2,5-6,8-11H2,1H3,(H2,28,35)(H,29,30,31)/t13?,17-/m0/s1. The summed E-state index contributed by atoms with van der Waals surface area (Å²) >= 11 is 0. The number of nitrogens with two attached hydrogens (primary N) is 1. The highest BCUT2D eigenvalue weighted by atomic mass is 19.4. The van der Waals surface area contributed by atoms with E-state index in [-0.39, 0.29) is 55.8 Å². The minimum atomic E-state index is -4.67. The highest BCUT2D eigenvalue weighted by molar-refractivity contribution is 5.75.